The molecule has 2 aromatic carbocycles. The van der Waals surface area contributed by atoms with Crippen LogP contribution in [-0.4, -0.2) is 39.2 Å². The number of hydrogen-bond acceptors (Lipinski definition) is 3. The highest BCUT2D eigenvalue weighted by Gasteiger charge is 2.57. The Morgan fingerprint density at radius 2 is 1.83 bits per heavy atom. The van der Waals surface area contributed by atoms with Gasteiger partial charge >= 0.3 is 0 Å². The van der Waals surface area contributed by atoms with Crippen molar-refractivity contribution < 1.29 is 9.90 Å². The maximum atomic E-state index is 13.6. The van der Waals surface area contributed by atoms with Gasteiger partial charge in [-0.15, -0.1) is 0 Å². The van der Waals surface area contributed by atoms with Crippen LogP contribution in [0.5, 0.6) is 0 Å². The number of pyridine rings is 1. The molecule has 2 fully saturated rings. The third-order valence-corrected chi connectivity index (χ3v) is 7.16. The topological polar surface area (TPSA) is 62.5 Å². The minimum absolute atomic E-state index is 0.0442. The van der Waals surface area contributed by atoms with Crippen LogP contribution >= 0.6 is 0 Å². The Morgan fingerprint density at radius 1 is 1.10 bits per heavy atom. The molecule has 1 amide bonds. The molecule has 3 aromatic rings. The lowest BCUT2D eigenvalue weighted by atomic mass is 9.70. The first-order valence-electron chi connectivity index (χ1n) is 10.6. The first-order chi connectivity index (χ1) is 14.5. The smallest absolute Gasteiger partial charge is 0.263 e. The quantitative estimate of drug-likeness (QED) is 0.729. The molecular formula is C25H26N2O3. The first kappa shape index (κ1) is 19.1. The summed E-state index contributed by atoms with van der Waals surface area (Å²) in [5, 5.41) is 11.3. The number of nitrogens with zero attached hydrogens (tertiary/aromatic N) is 2. The van der Waals surface area contributed by atoms with E-state index in [1.807, 2.05) is 47.4 Å². The lowest BCUT2D eigenvalue weighted by Gasteiger charge is -2.36. The Balaban J connectivity index is 1.52. The fourth-order valence-corrected chi connectivity index (χ4v) is 5.73. The number of aliphatic hydroxyl groups is 1. The first-order valence-corrected chi connectivity index (χ1v) is 10.6. The molecule has 3 heterocycles. The zero-order valence-corrected chi connectivity index (χ0v) is 17.1. The van der Waals surface area contributed by atoms with Crippen molar-refractivity contribution in [3.05, 3.63) is 82.1 Å². The summed E-state index contributed by atoms with van der Waals surface area (Å²) >= 11 is 0. The van der Waals surface area contributed by atoms with E-state index in [1.54, 1.807) is 17.7 Å². The molecule has 3 atom stereocenters. The second-order valence-corrected chi connectivity index (χ2v) is 8.83. The molecule has 154 valence electrons. The average Bonchev–Trinajstić information content (AvgIpc) is 3.32. The van der Waals surface area contributed by atoms with Crippen LogP contribution in [0.15, 0.2) is 65.5 Å². The van der Waals surface area contributed by atoms with E-state index in [0.29, 0.717) is 0 Å². The number of carbonyl (C=O) groups excluding carboxylic acids is 1. The molecule has 0 spiro atoms. The van der Waals surface area contributed by atoms with Crippen LogP contribution in [0.25, 0.3) is 10.9 Å². The Labute approximate surface area is 175 Å². The Bertz CT molecular complexity index is 1170. The van der Waals surface area contributed by atoms with Gasteiger partial charge in [0.1, 0.15) is 5.56 Å². The Morgan fingerprint density at radius 3 is 2.60 bits per heavy atom. The minimum atomic E-state index is -0.345. The van der Waals surface area contributed by atoms with E-state index in [-0.39, 0.29) is 41.1 Å². The van der Waals surface area contributed by atoms with Crippen LogP contribution in [0.1, 0.15) is 35.2 Å². The number of amides is 1. The number of aliphatic hydroxyl groups excluding tert-OH is 1. The fraction of sp³-hybridized carbons (Fsp3) is 0.360. The van der Waals surface area contributed by atoms with Crippen LogP contribution in [0.4, 0.5) is 0 Å². The van der Waals surface area contributed by atoms with Gasteiger partial charge in [-0.3, -0.25) is 9.59 Å². The van der Waals surface area contributed by atoms with Crippen molar-refractivity contribution in [2.75, 3.05) is 6.61 Å². The van der Waals surface area contributed by atoms with E-state index >= 15 is 0 Å². The molecule has 1 N–H and O–H groups in total. The summed E-state index contributed by atoms with van der Waals surface area (Å²) in [4.78, 5) is 28.5. The molecule has 0 saturated carbocycles. The summed E-state index contributed by atoms with van der Waals surface area (Å²) in [7, 11) is 1.72. The maximum Gasteiger partial charge on any atom is 0.263 e. The molecule has 2 saturated heterocycles. The van der Waals surface area contributed by atoms with Crippen LogP contribution in [0.2, 0.25) is 0 Å². The molecule has 5 heteroatoms. The van der Waals surface area contributed by atoms with Gasteiger partial charge in [0.15, 0.2) is 0 Å². The number of benzene rings is 2. The van der Waals surface area contributed by atoms with Gasteiger partial charge in [0.25, 0.3) is 11.5 Å². The number of carbonyl (C=O) groups is 1. The largest absolute Gasteiger partial charge is 0.396 e. The van der Waals surface area contributed by atoms with Crippen molar-refractivity contribution in [1.29, 1.82) is 0 Å². The summed E-state index contributed by atoms with van der Waals surface area (Å²) in [5.74, 6) is -0.197. The van der Waals surface area contributed by atoms with Crippen molar-refractivity contribution >= 4 is 16.8 Å². The predicted molar refractivity (Wildman–Crippen MR) is 116 cm³/mol. The standard InChI is InChI=1S/C25H26N2O3/c1-26-21-10-6-5-9-18(21)13-20(23(26)29)24(30)27-19-11-12-22(27)25(15-19,16-28)14-17-7-3-2-4-8-17/h2-10,13,19,22,28H,11-12,14-16H2,1H3/t19-,22+,25-/m0/s1. The van der Waals surface area contributed by atoms with Crippen LogP contribution < -0.4 is 5.56 Å². The van der Waals surface area contributed by atoms with Gasteiger partial charge in [-0.05, 0) is 48.8 Å². The lowest BCUT2D eigenvalue weighted by Crippen LogP contribution is -2.45. The predicted octanol–water partition coefficient (Wildman–Crippen LogP) is 3.14. The number of fused-ring (bicyclic) bond motifs is 3. The molecule has 30 heavy (non-hydrogen) atoms. The van der Waals surface area contributed by atoms with Gasteiger partial charge < -0.3 is 14.6 Å². The van der Waals surface area contributed by atoms with Gasteiger partial charge in [-0.2, -0.15) is 0 Å². The summed E-state index contributed by atoms with van der Waals surface area (Å²) in [6.45, 7) is 0.0442. The lowest BCUT2D eigenvalue weighted by molar-refractivity contribution is 0.0569. The van der Waals surface area contributed by atoms with Crippen molar-refractivity contribution in [2.24, 2.45) is 12.5 Å². The van der Waals surface area contributed by atoms with Crippen molar-refractivity contribution in [3.63, 3.8) is 0 Å². The SMILES string of the molecule is Cn1c(=O)c(C(=O)N2[C@H]3CC[C@@H]2[C@@](CO)(Cc2ccccc2)C3)cc2ccccc21. The normalized spacial score (nSPS) is 25.2. The van der Waals surface area contributed by atoms with Gasteiger partial charge in [0.2, 0.25) is 0 Å². The number of aromatic nitrogens is 1. The number of hydrogen-bond donors (Lipinski definition) is 1. The van der Waals surface area contributed by atoms with Crippen molar-refractivity contribution in [2.45, 2.75) is 37.8 Å². The zero-order chi connectivity index (χ0) is 20.9. The van der Waals surface area contributed by atoms with Crippen molar-refractivity contribution in [3.8, 4) is 0 Å². The molecule has 2 aliphatic rings. The molecule has 2 aliphatic heterocycles. The Hall–Kier alpha value is -2.92. The number of rotatable bonds is 4. The highest BCUT2D eigenvalue weighted by atomic mass is 16.3. The molecule has 0 radical (unpaired) electrons. The minimum Gasteiger partial charge on any atom is -0.396 e. The summed E-state index contributed by atoms with van der Waals surface area (Å²) < 4.78 is 1.56. The summed E-state index contributed by atoms with van der Waals surface area (Å²) in [6, 6.07) is 19.6. The second-order valence-electron chi connectivity index (χ2n) is 8.83. The van der Waals surface area contributed by atoms with Crippen molar-refractivity contribution in [1.82, 2.24) is 9.47 Å². The average molecular weight is 402 g/mol. The molecule has 0 unspecified atom stereocenters. The molecular weight excluding hydrogens is 376 g/mol. The van der Waals surface area contributed by atoms with Crippen LogP contribution in [0, 0.1) is 5.41 Å². The monoisotopic (exact) mass is 402 g/mol. The van der Waals surface area contributed by atoms with E-state index < -0.39 is 0 Å². The third-order valence-electron chi connectivity index (χ3n) is 7.16. The molecule has 0 aliphatic carbocycles. The van der Waals surface area contributed by atoms with Crippen LogP contribution in [0.3, 0.4) is 0 Å². The fourth-order valence-electron chi connectivity index (χ4n) is 5.73. The van der Waals surface area contributed by atoms with E-state index in [1.165, 1.54) is 5.56 Å². The molecule has 5 rings (SSSR count). The number of aryl methyl sites for hydroxylation is 1. The zero-order valence-electron chi connectivity index (χ0n) is 17.1. The molecule has 5 nitrogen and oxygen atoms in total. The Kier molecular flexibility index (Phi) is 4.51. The van der Waals surface area contributed by atoms with Gasteiger partial charge in [-0.1, -0.05) is 48.5 Å². The van der Waals surface area contributed by atoms with E-state index in [2.05, 4.69) is 12.1 Å². The van der Waals surface area contributed by atoms with Gasteiger partial charge in [-0.25, -0.2) is 0 Å². The summed E-state index contributed by atoms with van der Waals surface area (Å²) in [6.07, 6.45) is 3.33. The second kappa shape index (κ2) is 7.10. The van der Waals surface area contributed by atoms with E-state index in [9.17, 15) is 14.7 Å². The summed E-state index contributed by atoms with van der Waals surface area (Å²) in [5.41, 5.74) is 1.61. The van der Waals surface area contributed by atoms with E-state index in [4.69, 9.17) is 0 Å². The van der Waals surface area contributed by atoms with Crippen LogP contribution in [-0.2, 0) is 13.5 Å². The van der Waals surface area contributed by atoms with E-state index in [0.717, 1.165) is 36.6 Å². The van der Waals surface area contributed by atoms with Gasteiger partial charge in [0.05, 0.1) is 12.1 Å². The molecule has 1 aromatic heterocycles. The third kappa shape index (κ3) is 2.80. The maximum absolute atomic E-state index is 13.6. The molecule has 2 bridgehead atoms. The highest BCUT2D eigenvalue weighted by Crippen LogP contribution is 2.51. The highest BCUT2D eigenvalue weighted by molar-refractivity contribution is 5.98. The van der Waals surface area contributed by atoms with Gasteiger partial charge in [0, 0.05) is 24.5 Å². The number of para-hydroxylation sites is 1.